The van der Waals surface area contributed by atoms with Gasteiger partial charge in [0, 0.05) is 18.9 Å². The molecule has 0 fully saturated rings. The molecule has 0 atom stereocenters. The van der Waals surface area contributed by atoms with Crippen LogP contribution < -0.4 is 5.32 Å². The summed E-state index contributed by atoms with van der Waals surface area (Å²) in [5.41, 5.74) is 1.15. The molecule has 0 radical (unpaired) electrons. The van der Waals surface area contributed by atoms with Crippen molar-refractivity contribution in [2.24, 2.45) is 0 Å². The molecule has 0 aliphatic heterocycles. The maximum atomic E-state index is 5.65. The molecule has 3 nitrogen and oxygen atoms in total. The van der Waals surface area contributed by atoms with Crippen molar-refractivity contribution in [3.8, 4) is 0 Å². The van der Waals surface area contributed by atoms with E-state index in [0.29, 0.717) is 11.8 Å². The maximum absolute atomic E-state index is 5.65. The van der Waals surface area contributed by atoms with Crippen molar-refractivity contribution in [3.63, 3.8) is 0 Å². The fourth-order valence-corrected chi connectivity index (χ4v) is 1.44. The molecule has 0 aromatic carbocycles. The van der Waals surface area contributed by atoms with Crippen molar-refractivity contribution in [1.29, 1.82) is 0 Å². The molecule has 78 valence electrons. The third-order valence-corrected chi connectivity index (χ3v) is 2.18. The number of hydrogen-bond acceptors (Lipinski definition) is 3. The van der Waals surface area contributed by atoms with E-state index in [1.54, 1.807) is 12.3 Å². The normalized spacial score (nSPS) is 10.5. The molecule has 0 spiro atoms. The summed E-state index contributed by atoms with van der Waals surface area (Å²) in [7, 11) is 0. The summed E-state index contributed by atoms with van der Waals surface area (Å²) in [6.45, 7) is 1.44. The second-order valence-electron chi connectivity index (χ2n) is 3.17. The van der Waals surface area contributed by atoms with Crippen LogP contribution in [0.25, 0.3) is 0 Å². The second kappa shape index (κ2) is 4.96. The van der Waals surface area contributed by atoms with E-state index in [4.69, 9.17) is 16.0 Å². The lowest BCUT2D eigenvalue weighted by molar-refractivity contribution is 0.484. The standard InChI is InChI=1S/C11H11ClN2O/c12-11-4-3-10(15-11)8-14-7-9-2-1-5-13-6-9/h1-6,14H,7-8H2. The molecule has 0 aliphatic rings. The van der Waals surface area contributed by atoms with Gasteiger partial charge in [0.15, 0.2) is 5.22 Å². The molecule has 1 N–H and O–H groups in total. The van der Waals surface area contributed by atoms with Crippen LogP contribution in [0.3, 0.4) is 0 Å². The highest BCUT2D eigenvalue weighted by molar-refractivity contribution is 6.28. The zero-order valence-electron chi connectivity index (χ0n) is 8.11. The minimum atomic E-state index is 0.424. The Hall–Kier alpha value is -1.32. The number of aromatic nitrogens is 1. The number of halogens is 1. The Morgan fingerprint density at radius 3 is 2.87 bits per heavy atom. The SMILES string of the molecule is Clc1ccc(CNCc2cccnc2)o1. The van der Waals surface area contributed by atoms with Crippen LogP contribution in [-0.4, -0.2) is 4.98 Å². The highest BCUT2D eigenvalue weighted by Gasteiger charge is 1.98. The Morgan fingerprint density at radius 2 is 2.20 bits per heavy atom. The summed E-state index contributed by atoms with van der Waals surface area (Å²) in [6.07, 6.45) is 3.60. The van der Waals surface area contributed by atoms with Crippen LogP contribution in [0.1, 0.15) is 11.3 Å². The highest BCUT2D eigenvalue weighted by atomic mass is 35.5. The van der Waals surface area contributed by atoms with Crippen molar-refractivity contribution in [2.45, 2.75) is 13.1 Å². The Kier molecular flexibility index (Phi) is 3.37. The highest BCUT2D eigenvalue weighted by Crippen LogP contribution is 2.12. The first kappa shape index (κ1) is 10.2. The predicted octanol–water partition coefficient (Wildman–Crippen LogP) is 2.62. The van der Waals surface area contributed by atoms with Gasteiger partial charge in [0.2, 0.25) is 0 Å². The molecule has 0 amide bonds. The van der Waals surface area contributed by atoms with Crippen LogP contribution >= 0.6 is 11.6 Å². The van der Waals surface area contributed by atoms with Gasteiger partial charge < -0.3 is 9.73 Å². The van der Waals surface area contributed by atoms with Crippen LogP contribution in [0.2, 0.25) is 5.22 Å². The zero-order chi connectivity index (χ0) is 10.5. The maximum Gasteiger partial charge on any atom is 0.193 e. The fourth-order valence-electron chi connectivity index (χ4n) is 1.28. The Balaban J connectivity index is 1.80. The monoisotopic (exact) mass is 222 g/mol. The van der Waals surface area contributed by atoms with E-state index in [1.165, 1.54) is 0 Å². The van der Waals surface area contributed by atoms with Gasteiger partial charge in [-0.15, -0.1) is 0 Å². The zero-order valence-corrected chi connectivity index (χ0v) is 8.87. The minimum Gasteiger partial charge on any atom is -0.448 e. The van der Waals surface area contributed by atoms with Gasteiger partial charge >= 0.3 is 0 Å². The summed E-state index contributed by atoms with van der Waals surface area (Å²) >= 11 is 5.65. The molecule has 0 unspecified atom stereocenters. The number of nitrogens with zero attached hydrogens (tertiary/aromatic N) is 1. The van der Waals surface area contributed by atoms with Crippen LogP contribution in [0.4, 0.5) is 0 Å². The van der Waals surface area contributed by atoms with Gasteiger partial charge in [-0.05, 0) is 35.4 Å². The molecule has 15 heavy (non-hydrogen) atoms. The number of hydrogen-bond donors (Lipinski definition) is 1. The van der Waals surface area contributed by atoms with Gasteiger partial charge in [-0.1, -0.05) is 6.07 Å². The van der Waals surface area contributed by atoms with Crippen molar-refractivity contribution < 1.29 is 4.42 Å². The van der Waals surface area contributed by atoms with E-state index >= 15 is 0 Å². The summed E-state index contributed by atoms with van der Waals surface area (Å²) in [4.78, 5) is 4.03. The van der Waals surface area contributed by atoms with E-state index in [2.05, 4.69) is 10.3 Å². The van der Waals surface area contributed by atoms with Gasteiger partial charge in [-0.25, -0.2) is 0 Å². The van der Waals surface area contributed by atoms with Gasteiger partial charge in [-0.2, -0.15) is 0 Å². The summed E-state index contributed by atoms with van der Waals surface area (Å²) in [5.74, 6) is 0.837. The number of pyridine rings is 1. The van der Waals surface area contributed by atoms with Gasteiger partial charge in [-0.3, -0.25) is 4.98 Å². The molecular weight excluding hydrogens is 212 g/mol. The van der Waals surface area contributed by atoms with E-state index in [0.717, 1.165) is 17.9 Å². The van der Waals surface area contributed by atoms with Crippen molar-refractivity contribution >= 4 is 11.6 Å². The molecular formula is C11H11ClN2O. The number of rotatable bonds is 4. The van der Waals surface area contributed by atoms with Crippen molar-refractivity contribution in [2.75, 3.05) is 0 Å². The third-order valence-electron chi connectivity index (χ3n) is 1.98. The summed E-state index contributed by atoms with van der Waals surface area (Å²) in [6, 6.07) is 7.54. The number of nitrogens with one attached hydrogen (secondary N) is 1. The summed E-state index contributed by atoms with van der Waals surface area (Å²) < 4.78 is 5.21. The predicted molar refractivity (Wildman–Crippen MR) is 58.5 cm³/mol. The molecule has 2 aromatic heterocycles. The Bertz CT molecular complexity index is 414. The lowest BCUT2D eigenvalue weighted by Gasteiger charge is -2.01. The van der Waals surface area contributed by atoms with Crippen LogP contribution in [-0.2, 0) is 13.1 Å². The average Bonchev–Trinajstić information content (AvgIpc) is 2.66. The summed E-state index contributed by atoms with van der Waals surface area (Å²) in [5, 5.41) is 3.66. The smallest absolute Gasteiger partial charge is 0.193 e. The molecule has 2 heterocycles. The first-order valence-corrected chi connectivity index (χ1v) is 5.06. The van der Waals surface area contributed by atoms with E-state index in [9.17, 15) is 0 Å². The molecule has 2 rings (SSSR count). The molecule has 0 saturated carbocycles. The lowest BCUT2D eigenvalue weighted by Crippen LogP contribution is -2.12. The lowest BCUT2D eigenvalue weighted by atomic mass is 10.3. The average molecular weight is 223 g/mol. The first-order chi connectivity index (χ1) is 7.34. The molecule has 0 saturated heterocycles. The van der Waals surface area contributed by atoms with Gasteiger partial charge in [0.25, 0.3) is 0 Å². The molecule has 2 aromatic rings. The Labute approximate surface area is 93.1 Å². The molecule has 0 bridgehead atoms. The van der Waals surface area contributed by atoms with Crippen molar-refractivity contribution in [1.82, 2.24) is 10.3 Å². The second-order valence-corrected chi connectivity index (χ2v) is 3.54. The number of furan rings is 1. The van der Waals surface area contributed by atoms with Crippen LogP contribution in [0.15, 0.2) is 41.1 Å². The molecule has 4 heteroatoms. The van der Waals surface area contributed by atoms with Gasteiger partial charge in [0.1, 0.15) is 5.76 Å². The van der Waals surface area contributed by atoms with Gasteiger partial charge in [0.05, 0.1) is 6.54 Å². The topological polar surface area (TPSA) is 38.1 Å². The van der Waals surface area contributed by atoms with E-state index in [-0.39, 0.29) is 0 Å². The van der Waals surface area contributed by atoms with E-state index < -0.39 is 0 Å². The van der Waals surface area contributed by atoms with E-state index in [1.807, 2.05) is 24.4 Å². The van der Waals surface area contributed by atoms with Crippen molar-refractivity contribution in [3.05, 3.63) is 53.2 Å². The third kappa shape index (κ3) is 3.08. The van der Waals surface area contributed by atoms with Crippen LogP contribution in [0, 0.1) is 0 Å². The minimum absolute atomic E-state index is 0.424. The first-order valence-electron chi connectivity index (χ1n) is 4.68. The largest absolute Gasteiger partial charge is 0.448 e. The quantitative estimate of drug-likeness (QED) is 0.864. The van der Waals surface area contributed by atoms with Crippen LogP contribution in [0.5, 0.6) is 0 Å². The Morgan fingerprint density at radius 1 is 1.27 bits per heavy atom. The molecule has 0 aliphatic carbocycles. The fraction of sp³-hybridized carbons (Fsp3) is 0.182.